The molecule has 6 nitrogen and oxygen atoms in total. The number of methoxy groups -OCH3 is 2. The van der Waals surface area contributed by atoms with Gasteiger partial charge in [0.05, 0.1) is 14.2 Å². The van der Waals surface area contributed by atoms with Gasteiger partial charge in [-0.25, -0.2) is 0 Å². The quantitative estimate of drug-likeness (QED) is 0.656. The van der Waals surface area contributed by atoms with Gasteiger partial charge in [0.15, 0.2) is 0 Å². The predicted octanol–water partition coefficient (Wildman–Crippen LogP) is 3.87. The van der Waals surface area contributed by atoms with Gasteiger partial charge in [0.2, 0.25) is 5.91 Å². The number of amides is 1. The highest BCUT2D eigenvalue weighted by Gasteiger charge is 2.45. The fraction of sp³-hybridized carbons (Fsp3) is 0.667. The van der Waals surface area contributed by atoms with Crippen LogP contribution in [0.25, 0.3) is 0 Å². The summed E-state index contributed by atoms with van der Waals surface area (Å²) < 4.78 is 10.4. The van der Waals surface area contributed by atoms with Crippen molar-refractivity contribution in [1.29, 1.82) is 0 Å². The lowest BCUT2D eigenvalue weighted by molar-refractivity contribution is -0.147. The van der Waals surface area contributed by atoms with E-state index in [-0.39, 0.29) is 34.9 Å². The first-order valence-corrected chi connectivity index (χ1v) is 10.6. The van der Waals surface area contributed by atoms with E-state index in [1.807, 2.05) is 29.2 Å². The molecule has 1 amide bonds. The zero-order valence-corrected chi connectivity index (χ0v) is 19.8. The number of hydrogen-bond donors (Lipinski definition) is 0. The van der Waals surface area contributed by atoms with Gasteiger partial charge in [-0.3, -0.25) is 14.5 Å². The lowest BCUT2D eigenvalue weighted by atomic mass is 9.91. The molecule has 0 unspecified atom stereocenters. The Hall–Kier alpha value is -2.08. The van der Waals surface area contributed by atoms with Crippen LogP contribution < -0.4 is 4.74 Å². The van der Waals surface area contributed by atoms with Gasteiger partial charge in [-0.2, -0.15) is 0 Å². The number of hydrogen-bond acceptors (Lipinski definition) is 5. The lowest BCUT2D eigenvalue weighted by Crippen LogP contribution is -2.49. The van der Waals surface area contributed by atoms with Gasteiger partial charge in [0, 0.05) is 31.1 Å². The van der Waals surface area contributed by atoms with Crippen LogP contribution in [-0.2, 0) is 20.9 Å². The number of likely N-dealkylation sites (tertiary alicyclic amines) is 1. The Morgan fingerprint density at radius 2 is 1.80 bits per heavy atom. The maximum absolute atomic E-state index is 13.4. The summed E-state index contributed by atoms with van der Waals surface area (Å²) in [5.74, 6) is 0.637. The van der Waals surface area contributed by atoms with E-state index in [9.17, 15) is 9.59 Å². The van der Waals surface area contributed by atoms with E-state index in [1.165, 1.54) is 7.11 Å². The van der Waals surface area contributed by atoms with E-state index in [4.69, 9.17) is 9.47 Å². The third-order valence-corrected chi connectivity index (χ3v) is 5.54. The average Bonchev–Trinajstić information content (AvgIpc) is 3.09. The normalized spacial score (nSPS) is 20.1. The van der Waals surface area contributed by atoms with Crippen molar-refractivity contribution in [3.8, 4) is 5.75 Å². The summed E-state index contributed by atoms with van der Waals surface area (Å²) in [4.78, 5) is 30.0. The first kappa shape index (κ1) is 24.2. The fourth-order valence-corrected chi connectivity index (χ4v) is 4.08. The van der Waals surface area contributed by atoms with Crippen LogP contribution in [0.5, 0.6) is 5.75 Å². The molecule has 2 rings (SSSR count). The second-order valence-electron chi connectivity index (χ2n) is 10.4. The zero-order chi connectivity index (χ0) is 22.7. The average molecular weight is 419 g/mol. The predicted molar refractivity (Wildman–Crippen MR) is 118 cm³/mol. The Morgan fingerprint density at radius 3 is 2.33 bits per heavy atom. The Morgan fingerprint density at radius 1 is 1.13 bits per heavy atom. The van der Waals surface area contributed by atoms with Crippen molar-refractivity contribution in [2.45, 2.75) is 78.6 Å². The minimum absolute atomic E-state index is 0.0608. The molecule has 0 aliphatic carbocycles. The molecule has 1 aromatic rings. The van der Waals surface area contributed by atoms with E-state index in [1.54, 1.807) is 7.11 Å². The highest BCUT2D eigenvalue weighted by Crippen LogP contribution is 2.32. The molecule has 1 heterocycles. The molecule has 0 bridgehead atoms. The second-order valence-corrected chi connectivity index (χ2v) is 10.4. The first-order chi connectivity index (χ1) is 13.9. The third-order valence-electron chi connectivity index (χ3n) is 5.54. The minimum atomic E-state index is -0.352. The summed E-state index contributed by atoms with van der Waals surface area (Å²) in [5.41, 5.74) is 0.691. The molecule has 1 saturated heterocycles. The van der Waals surface area contributed by atoms with Crippen LogP contribution in [0, 0.1) is 5.41 Å². The first-order valence-electron chi connectivity index (χ1n) is 10.6. The molecule has 2 atom stereocenters. The number of carbonyl (C=O) groups is 2. The Bertz CT molecular complexity index is 748. The SMILES string of the molecule is COC(=O)[C@@H]1C[C@H](N(Cc2cccc(OC)c2)C(=O)CC(C)(C)C)CN1C(C)(C)C. The highest BCUT2D eigenvalue weighted by atomic mass is 16.5. The third kappa shape index (κ3) is 6.21. The van der Waals surface area contributed by atoms with Gasteiger partial charge >= 0.3 is 5.97 Å². The molecule has 0 saturated carbocycles. The van der Waals surface area contributed by atoms with Crippen molar-refractivity contribution >= 4 is 11.9 Å². The lowest BCUT2D eigenvalue weighted by Gasteiger charge is -2.36. The Balaban J connectivity index is 2.35. The van der Waals surface area contributed by atoms with E-state index in [0.717, 1.165) is 11.3 Å². The van der Waals surface area contributed by atoms with E-state index in [2.05, 4.69) is 46.4 Å². The van der Waals surface area contributed by atoms with Gasteiger partial charge in [0.25, 0.3) is 0 Å². The van der Waals surface area contributed by atoms with Crippen molar-refractivity contribution in [3.05, 3.63) is 29.8 Å². The van der Waals surface area contributed by atoms with E-state index in [0.29, 0.717) is 25.9 Å². The Labute approximate surface area is 181 Å². The summed E-state index contributed by atoms with van der Waals surface area (Å²) in [6.45, 7) is 13.6. The van der Waals surface area contributed by atoms with Gasteiger partial charge in [0.1, 0.15) is 11.8 Å². The van der Waals surface area contributed by atoms with Crippen molar-refractivity contribution in [2.75, 3.05) is 20.8 Å². The van der Waals surface area contributed by atoms with Gasteiger partial charge in [-0.1, -0.05) is 32.9 Å². The van der Waals surface area contributed by atoms with Gasteiger partial charge in [-0.15, -0.1) is 0 Å². The highest BCUT2D eigenvalue weighted by molar-refractivity contribution is 5.79. The van der Waals surface area contributed by atoms with Crippen molar-refractivity contribution in [2.24, 2.45) is 5.41 Å². The number of nitrogens with zero attached hydrogens (tertiary/aromatic N) is 2. The molecule has 6 heteroatoms. The maximum Gasteiger partial charge on any atom is 0.323 e. The smallest absolute Gasteiger partial charge is 0.323 e. The monoisotopic (exact) mass is 418 g/mol. The number of esters is 1. The molecule has 0 radical (unpaired) electrons. The van der Waals surface area contributed by atoms with Crippen LogP contribution in [0.3, 0.4) is 0 Å². The summed E-state index contributed by atoms with van der Waals surface area (Å²) in [6, 6.07) is 7.40. The maximum atomic E-state index is 13.4. The molecule has 0 aromatic heterocycles. The van der Waals surface area contributed by atoms with Crippen LogP contribution in [0.15, 0.2) is 24.3 Å². The standard InChI is InChI=1S/C24H38N2O4/c1-23(2,3)14-21(27)25(15-17-10-9-11-19(12-17)29-7)18-13-20(22(28)30-8)26(16-18)24(4,5)6/h9-12,18,20H,13-16H2,1-8H3/t18-,20-/m0/s1. The fourth-order valence-electron chi connectivity index (χ4n) is 4.08. The van der Waals surface area contributed by atoms with Crippen LogP contribution in [0.1, 0.15) is 59.9 Å². The number of ether oxygens (including phenoxy) is 2. The van der Waals surface area contributed by atoms with E-state index >= 15 is 0 Å². The molecule has 0 N–H and O–H groups in total. The largest absolute Gasteiger partial charge is 0.497 e. The van der Waals surface area contributed by atoms with Gasteiger partial charge in [-0.05, 0) is 50.3 Å². The summed E-state index contributed by atoms with van der Waals surface area (Å²) in [6.07, 6.45) is 1.02. The van der Waals surface area contributed by atoms with Gasteiger partial charge < -0.3 is 14.4 Å². The number of rotatable bonds is 6. The van der Waals surface area contributed by atoms with Crippen LogP contribution >= 0.6 is 0 Å². The number of benzene rings is 1. The molecular weight excluding hydrogens is 380 g/mol. The minimum Gasteiger partial charge on any atom is -0.497 e. The van der Waals surface area contributed by atoms with Crippen LogP contribution in [0.4, 0.5) is 0 Å². The number of carbonyl (C=O) groups excluding carboxylic acids is 2. The zero-order valence-electron chi connectivity index (χ0n) is 19.8. The Kier molecular flexibility index (Phi) is 7.56. The van der Waals surface area contributed by atoms with Crippen molar-refractivity contribution in [1.82, 2.24) is 9.80 Å². The molecule has 30 heavy (non-hydrogen) atoms. The summed E-state index contributed by atoms with van der Waals surface area (Å²) in [5, 5.41) is 0. The van der Waals surface area contributed by atoms with Crippen molar-refractivity contribution < 1.29 is 19.1 Å². The molecule has 1 aliphatic heterocycles. The molecule has 1 aromatic carbocycles. The molecule has 1 aliphatic rings. The summed E-state index contributed by atoms with van der Waals surface area (Å²) >= 11 is 0. The molecule has 168 valence electrons. The van der Waals surface area contributed by atoms with Crippen molar-refractivity contribution in [3.63, 3.8) is 0 Å². The molecular formula is C24H38N2O4. The molecule has 0 spiro atoms. The molecule has 1 fully saturated rings. The van der Waals surface area contributed by atoms with E-state index < -0.39 is 0 Å². The topological polar surface area (TPSA) is 59.1 Å². The summed E-state index contributed by atoms with van der Waals surface area (Å²) in [7, 11) is 3.07. The van der Waals surface area contributed by atoms with Crippen LogP contribution in [0.2, 0.25) is 0 Å². The second kappa shape index (κ2) is 9.38. The van der Waals surface area contributed by atoms with Crippen LogP contribution in [-0.4, -0.2) is 60.1 Å².